The van der Waals surface area contributed by atoms with Crippen LogP contribution in [0.15, 0.2) is 22.7 Å². The molecule has 8 heteroatoms. The van der Waals surface area contributed by atoms with Gasteiger partial charge in [0.25, 0.3) is 0 Å². The van der Waals surface area contributed by atoms with Crippen LogP contribution in [0.2, 0.25) is 5.02 Å². The van der Waals surface area contributed by atoms with Gasteiger partial charge in [0.15, 0.2) is 6.61 Å². The molecule has 1 atom stereocenters. The summed E-state index contributed by atoms with van der Waals surface area (Å²) in [6, 6.07) is 3.00. The van der Waals surface area contributed by atoms with Crippen LogP contribution in [0.5, 0.6) is 0 Å². The van der Waals surface area contributed by atoms with Gasteiger partial charge in [0, 0.05) is 9.50 Å². The van der Waals surface area contributed by atoms with E-state index in [1.165, 1.54) is 18.2 Å². The summed E-state index contributed by atoms with van der Waals surface area (Å²) < 4.78 is 31.9. The summed E-state index contributed by atoms with van der Waals surface area (Å²) in [4.78, 5) is 11.0. The van der Waals surface area contributed by atoms with Crippen LogP contribution in [0.25, 0.3) is 0 Å². The van der Waals surface area contributed by atoms with E-state index in [0.717, 1.165) is 0 Å². The summed E-state index contributed by atoms with van der Waals surface area (Å²) in [5, 5.41) is 2.52. The first-order valence-corrected chi connectivity index (χ1v) is 5.83. The van der Waals surface area contributed by atoms with Crippen LogP contribution in [0, 0.1) is 0 Å². The molecule has 1 saturated heterocycles. The number of cyclic esters (lactones) is 1. The molecule has 1 aliphatic rings. The predicted molar refractivity (Wildman–Crippen MR) is 68.6 cm³/mol. The molecule has 0 radical (unpaired) electrons. The van der Waals surface area contributed by atoms with Crippen LogP contribution < -0.4 is 5.32 Å². The molecule has 0 aromatic heterocycles. The molecule has 1 amide bonds. The number of alkyl carbamates (subject to hydrolysis) is 1. The van der Waals surface area contributed by atoms with Gasteiger partial charge in [0.05, 0.1) is 0 Å². The fourth-order valence-electron chi connectivity index (χ4n) is 1.55. The Hall–Kier alpha value is -0.590. The molecule has 0 spiro atoms. The lowest BCUT2D eigenvalue weighted by Crippen LogP contribution is -2.49. The SMILES string of the molecule is Cl.O=C1N[C@H](c2ccc(Cl)cc2Br)C(F)(F)CO1. The molecule has 0 aliphatic carbocycles. The number of amides is 1. The molecule has 1 aromatic carbocycles. The molecular weight excluding hydrogens is 355 g/mol. The number of carbonyl (C=O) groups is 1. The molecule has 1 heterocycles. The van der Waals surface area contributed by atoms with Crippen molar-refractivity contribution in [2.75, 3.05) is 6.61 Å². The maximum atomic E-state index is 13.6. The van der Waals surface area contributed by atoms with Gasteiger partial charge in [0.2, 0.25) is 0 Å². The number of hydrogen-bond donors (Lipinski definition) is 1. The quantitative estimate of drug-likeness (QED) is 0.821. The third-order valence-corrected chi connectivity index (χ3v) is 3.28. The highest BCUT2D eigenvalue weighted by atomic mass is 79.9. The third-order valence-electron chi connectivity index (χ3n) is 2.35. The normalized spacial score (nSPS) is 21.6. The van der Waals surface area contributed by atoms with Crippen molar-refractivity contribution in [3.63, 3.8) is 0 Å². The zero-order valence-electron chi connectivity index (χ0n) is 8.75. The van der Waals surface area contributed by atoms with E-state index in [0.29, 0.717) is 9.50 Å². The number of nitrogens with one attached hydrogen (secondary N) is 1. The number of benzene rings is 1. The van der Waals surface area contributed by atoms with Crippen LogP contribution in [0.3, 0.4) is 0 Å². The average Bonchev–Trinajstić information content (AvgIpc) is 2.23. The van der Waals surface area contributed by atoms with Gasteiger partial charge >= 0.3 is 12.0 Å². The van der Waals surface area contributed by atoms with E-state index in [-0.39, 0.29) is 18.0 Å². The molecule has 18 heavy (non-hydrogen) atoms. The topological polar surface area (TPSA) is 38.3 Å². The molecule has 1 fully saturated rings. The minimum Gasteiger partial charge on any atom is -0.443 e. The number of rotatable bonds is 1. The van der Waals surface area contributed by atoms with Crippen molar-refractivity contribution in [3.8, 4) is 0 Å². The summed E-state index contributed by atoms with van der Waals surface area (Å²) in [5.74, 6) is -3.16. The first-order valence-electron chi connectivity index (χ1n) is 4.66. The number of ether oxygens (including phenoxy) is 1. The molecule has 0 unspecified atom stereocenters. The molecule has 0 bridgehead atoms. The first-order chi connectivity index (χ1) is 7.90. The average molecular weight is 363 g/mol. The Kier molecular flexibility index (Phi) is 4.80. The lowest BCUT2D eigenvalue weighted by Gasteiger charge is -2.32. The second-order valence-corrected chi connectivity index (χ2v) is 4.87. The minimum atomic E-state index is -3.16. The predicted octanol–water partition coefficient (Wildman–Crippen LogP) is 3.94. The number of alkyl halides is 2. The van der Waals surface area contributed by atoms with E-state index in [4.69, 9.17) is 11.6 Å². The fourth-order valence-corrected chi connectivity index (χ4v) is 2.46. The summed E-state index contributed by atoms with van der Waals surface area (Å²) in [5.41, 5.74) is 0.260. The highest BCUT2D eigenvalue weighted by Crippen LogP contribution is 2.38. The van der Waals surface area contributed by atoms with Crippen molar-refractivity contribution in [1.82, 2.24) is 5.32 Å². The smallest absolute Gasteiger partial charge is 0.408 e. The highest BCUT2D eigenvalue weighted by molar-refractivity contribution is 9.10. The summed E-state index contributed by atoms with van der Waals surface area (Å²) in [6.07, 6.45) is -0.859. The van der Waals surface area contributed by atoms with E-state index in [1.807, 2.05) is 0 Å². The van der Waals surface area contributed by atoms with Crippen LogP contribution in [0.4, 0.5) is 13.6 Å². The molecule has 1 aromatic rings. The molecule has 1 aliphatic heterocycles. The van der Waals surface area contributed by atoms with Crippen LogP contribution >= 0.6 is 39.9 Å². The van der Waals surface area contributed by atoms with E-state index >= 15 is 0 Å². The zero-order chi connectivity index (χ0) is 12.6. The summed E-state index contributed by atoms with van der Waals surface area (Å²) in [6.45, 7) is -0.932. The Labute approximate surface area is 121 Å². The van der Waals surface area contributed by atoms with Crippen molar-refractivity contribution in [3.05, 3.63) is 33.3 Å². The van der Waals surface area contributed by atoms with Gasteiger partial charge in [-0.2, -0.15) is 0 Å². The maximum Gasteiger partial charge on any atom is 0.408 e. The summed E-state index contributed by atoms with van der Waals surface area (Å²) in [7, 11) is 0. The molecule has 100 valence electrons. The van der Waals surface area contributed by atoms with Crippen LogP contribution in [0.1, 0.15) is 11.6 Å². The third kappa shape index (κ3) is 3.05. The fraction of sp³-hybridized carbons (Fsp3) is 0.300. The number of carbonyl (C=O) groups excluding carboxylic acids is 1. The Morgan fingerprint density at radius 1 is 1.50 bits per heavy atom. The number of hydrogen-bond acceptors (Lipinski definition) is 2. The molecule has 2 rings (SSSR count). The van der Waals surface area contributed by atoms with E-state index in [1.54, 1.807) is 0 Å². The van der Waals surface area contributed by atoms with Crippen molar-refractivity contribution in [2.24, 2.45) is 0 Å². The van der Waals surface area contributed by atoms with Gasteiger partial charge in [-0.3, -0.25) is 0 Å². The van der Waals surface area contributed by atoms with Gasteiger partial charge in [-0.25, -0.2) is 13.6 Å². The Morgan fingerprint density at radius 2 is 2.17 bits per heavy atom. The first kappa shape index (κ1) is 15.5. The molecule has 0 saturated carbocycles. The molecular formula is C10H8BrCl2F2NO2. The van der Waals surface area contributed by atoms with Gasteiger partial charge in [0.1, 0.15) is 6.04 Å². The second kappa shape index (κ2) is 5.59. The van der Waals surface area contributed by atoms with E-state index < -0.39 is 24.7 Å². The van der Waals surface area contributed by atoms with Crippen LogP contribution in [-0.2, 0) is 4.74 Å². The zero-order valence-corrected chi connectivity index (χ0v) is 11.9. The van der Waals surface area contributed by atoms with Crippen molar-refractivity contribution in [1.29, 1.82) is 0 Å². The lowest BCUT2D eigenvalue weighted by molar-refractivity contribution is -0.104. The largest absolute Gasteiger partial charge is 0.443 e. The summed E-state index contributed by atoms with van der Waals surface area (Å²) >= 11 is 8.87. The van der Waals surface area contributed by atoms with E-state index in [9.17, 15) is 13.6 Å². The number of halogens is 5. The molecule has 1 N–H and O–H groups in total. The van der Waals surface area contributed by atoms with Crippen molar-refractivity contribution < 1.29 is 18.3 Å². The lowest BCUT2D eigenvalue weighted by atomic mass is 10.0. The second-order valence-electron chi connectivity index (χ2n) is 3.58. The Morgan fingerprint density at radius 3 is 2.78 bits per heavy atom. The van der Waals surface area contributed by atoms with Crippen molar-refractivity contribution >= 4 is 46.0 Å². The van der Waals surface area contributed by atoms with Gasteiger partial charge in [-0.05, 0) is 17.7 Å². The van der Waals surface area contributed by atoms with E-state index in [2.05, 4.69) is 26.0 Å². The maximum absolute atomic E-state index is 13.6. The van der Waals surface area contributed by atoms with Gasteiger partial charge in [-0.15, -0.1) is 12.4 Å². The Bertz CT molecular complexity index is 473. The molecule has 3 nitrogen and oxygen atoms in total. The monoisotopic (exact) mass is 361 g/mol. The minimum absolute atomic E-state index is 0. The standard InChI is InChI=1S/C10H7BrClF2NO2.ClH/c11-7-3-5(12)1-2-6(7)8-10(13,14)4-17-9(16)15-8;/h1-3,8H,4H2,(H,15,16);1H/t8-;/m1./s1. The Balaban J connectivity index is 0.00000162. The highest BCUT2D eigenvalue weighted by Gasteiger charge is 2.47. The van der Waals surface area contributed by atoms with Crippen LogP contribution in [-0.4, -0.2) is 18.6 Å². The van der Waals surface area contributed by atoms with Crippen molar-refractivity contribution in [2.45, 2.75) is 12.0 Å². The van der Waals surface area contributed by atoms with Gasteiger partial charge in [-0.1, -0.05) is 33.6 Å². The van der Waals surface area contributed by atoms with Gasteiger partial charge < -0.3 is 10.1 Å².